The normalized spacial score (nSPS) is 19.5. The second kappa shape index (κ2) is 7.74. The standard InChI is InChI=1S/C16H24N2O3S/c1-11(2)9-12(10-19)17-15(20)13-5-3-7-18(13)16(21)14-6-4-8-22-14/h4,6,8,11-13,19H,3,5,7,9-10H2,1-2H3,(H,17,20)/t12?,13-/m0/s1. The highest BCUT2D eigenvalue weighted by molar-refractivity contribution is 7.12. The van der Waals surface area contributed by atoms with E-state index < -0.39 is 6.04 Å². The van der Waals surface area contributed by atoms with Crippen LogP contribution in [0.15, 0.2) is 17.5 Å². The summed E-state index contributed by atoms with van der Waals surface area (Å²) < 4.78 is 0. The third kappa shape index (κ3) is 4.08. The molecule has 1 aromatic heterocycles. The van der Waals surface area contributed by atoms with Crippen LogP contribution in [0.5, 0.6) is 0 Å². The van der Waals surface area contributed by atoms with E-state index in [0.29, 0.717) is 23.8 Å². The molecule has 0 radical (unpaired) electrons. The summed E-state index contributed by atoms with van der Waals surface area (Å²) in [5.41, 5.74) is 0. The van der Waals surface area contributed by atoms with Gasteiger partial charge in [0.15, 0.2) is 0 Å². The summed E-state index contributed by atoms with van der Waals surface area (Å²) in [4.78, 5) is 27.3. The van der Waals surface area contributed by atoms with E-state index in [4.69, 9.17) is 0 Å². The number of rotatable bonds is 6. The molecule has 1 fully saturated rings. The van der Waals surface area contributed by atoms with Crippen molar-refractivity contribution in [3.63, 3.8) is 0 Å². The second-order valence-electron chi connectivity index (χ2n) is 6.15. The third-order valence-electron chi connectivity index (χ3n) is 3.87. The Balaban J connectivity index is 2.00. The van der Waals surface area contributed by atoms with E-state index in [1.165, 1.54) is 11.3 Å². The van der Waals surface area contributed by atoms with Crippen molar-refractivity contribution in [3.05, 3.63) is 22.4 Å². The number of aliphatic hydroxyl groups is 1. The molecule has 1 saturated heterocycles. The van der Waals surface area contributed by atoms with Crippen LogP contribution in [0.25, 0.3) is 0 Å². The molecule has 1 aliphatic rings. The molecule has 0 bridgehead atoms. The number of nitrogens with zero attached hydrogens (tertiary/aromatic N) is 1. The van der Waals surface area contributed by atoms with Crippen molar-refractivity contribution in [1.29, 1.82) is 0 Å². The summed E-state index contributed by atoms with van der Waals surface area (Å²) in [7, 11) is 0. The van der Waals surface area contributed by atoms with Crippen molar-refractivity contribution in [3.8, 4) is 0 Å². The smallest absolute Gasteiger partial charge is 0.264 e. The fraction of sp³-hybridized carbons (Fsp3) is 0.625. The molecule has 5 nitrogen and oxygen atoms in total. The molecule has 2 N–H and O–H groups in total. The SMILES string of the molecule is CC(C)CC(CO)NC(=O)[C@@H]1CCCN1C(=O)c1cccs1. The van der Waals surface area contributed by atoms with Crippen LogP contribution in [0.4, 0.5) is 0 Å². The lowest BCUT2D eigenvalue weighted by atomic mass is 10.0. The van der Waals surface area contributed by atoms with Crippen molar-refractivity contribution >= 4 is 23.2 Å². The van der Waals surface area contributed by atoms with Gasteiger partial charge in [-0.3, -0.25) is 9.59 Å². The lowest BCUT2D eigenvalue weighted by Crippen LogP contribution is -2.49. The van der Waals surface area contributed by atoms with Gasteiger partial charge < -0.3 is 15.3 Å². The maximum absolute atomic E-state index is 12.5. The number of carbonyl (C=O) groups excluding carboxylic acids is 2. The minimum Gasteiger partial charge on any atom is -0.394 e. The first kappa shape index (κ1) is 17.0. The molecule has 122 valence electrons. The number of thiophene rings is 1. The van der Waals surface area contributed by atoms with E-state index in [-0.39, 0.29) is 24.5 Å². The summed E-state index contributed by atoms with van der Waals surface area (Å²) in [6.07, 6.45) is 2.25. The highest BCUT2D eigenvalue weighted by Crippen LogP contribution is 2.22. The predicted octanol–water partition coefficient (Wildman–Crippen LogP) is 1.88. The average Bonchev–Trinajstić information content (AvgIpc) is 3.16. The van der Waals surface area contributed by atoms with Crippen molar-refractivity contribution in [2.75, 3.05) is 13.2 Å². The van der Waals surface area contributed by atoms with Crippen LogP contribution < -0.4 is 5.32 Å². The Morgan fingerprint density at radius 1 is 1.50 bits per heavy atom. The highest BCUT2D eigenvalue weighted by Gasteiger charge is 2.35. The molecule has 22 heavy (non-hydrogen) atoms. The van der Waals surface area contributed by atoms with Gasteiger partial charge in [0.1, 0.15) is 6.04 Å². The number of aliphatic hydroxyl groups excluding tert-OH is 1. The summed E-state index contributed by atoms with van der Waals surface area (Å²) in [6, 6.07) is 2.96. The summed E-state index contributed by atoms with van der Waals surface area (Å²) in [6.45, 7) is 4.65. The molecule has 2 amide bonds. The fourth-order valence-corrected chi connectivity index (χ4v) is 3.55. The average molecular weight is 324 g/mol. The first-order valence-electron chi connectivity index (χ1n) is 7.78. The zero-order valence-electron chi connectivity index (χ0n) is 13.1. The maximum Gasteiger partial charge on any atom is 0.264 e. The van der Waals surface area contributed by atoms with Crippen LogP contribution in [-0.4, -0.2) is 47.1 Å². The number of nitrogens with one attached hydrogen (secondary N) is 1. The van der Waals surface area contributed by atoms with Gasteiger partial charge in [0.25, 0.3) is 5.91 Å². The van der Waals surface area contributed by atoms with Crippen LogP contribution in [0.1, 0.15) is 42.8 Å². The van der Waals surface area contributed by atoms with Crippen molar-refractivity contribution < 1.29 is 14.7 Å². The molecule has 0 spiro atoms. The Morgan fingerprint density at radius 2 is 2.27 bits per heavy atom. The van der Waals surface area contributed by atoms with Gasteiger partial charge in [-0.05, 0) is 36.6 Å². The molecular formula is C16H24N2O3S. The Morgan fingerprint density at radius 3 is 2.86 bits per heavy atom. The molecule has 0 aromatic carbocycles. The van der Waals surface area contributed by atoms with Gasteiger partial charge in [0.2, 0.25) is 5.91 Å². The largest absolute Gasteiger partial charge is 0.394 e. The van der Waals surface area contributed by atoms with Gasteiger partial charge in [-0.1, -0.05) is 19.9 Å². The zero-order chi connectivity index (χ0) is 16.1. The first-order valence-corrected chi connectivity index (χ1v) is 8.66. The maximum atomic E-state index is 12.5. The minimum atomic E-state index is -0.421. The highest BCUT2D eigenvalue weighted by atomic mass is 32.1. The molecule has 2 atom stereocenters. The number of hydrogen-bond acceptors (Lipinski definition) is 4. The third-order valence-corrected chi connectivity index (χ3v) is 4.73. The number of amides is 2. The van der Waals surface area contributed by atoms with Gasteiger partial charge in [-0.25, -0.2) is 0 Å². The summed E-state index contributed by atoms with van der Waals surface area (Å²) in [5.74, 6) is 0.170. The molecule has 2 rings (SSSR count). The summed E-state index contributed by atoms with van der Waals surface area (Å²) >= 11 is 1.40. The van der Waals surface area contributed by atoms with Crippen LogP contribution in [0.2, 0.25) is 0 Å². The van der Waals surface area contributed by atoms with E-state index in [2.05, 4.69) is 19.2 Å². The van der Waals surface area contributed by atoms with Crippen LogP contribution in [0, 0.1) is 5.92 Å². The van der Waals surface area contributed by atoms with Gasteiger partial charge >= 0.3 is 0 Å². The van der Waals surface area contributed by atoms with E-state index in [1.807, 2.05) is 11.4 Å². The van der Waals surface area contributed by atoms with Crippen molar-refractivity contribution in [2.45, 2.75) is 45.2 Å². The number of likely N-dealkylation sites (tertiary alicyclic amines) is 1. The molecule has 1 unspecified atom stereocenters. The molecule has 1 aliphatic heterocycles. The Bertz CT molecular complexity index is 501. The quantitative estimate of drug-likeness (QED) is 0.839. The lowest BCUT2D eigenvalue weighted by Gasteiger charge is -2.26. The molecule has 0 aliphatic carbocycles. The Kier molecular flexibility index (Phi) is 5.97. The van der Waals surface area contributed by atoms with E-state index in [9.17, 15) is 14.7 Å². The van der Waals surface area contributed by atoms with Crippen LogP contribution in [-0.2, 0) is 4.79 Å². The molecule has 2 heterocycles. The Hall–Kier alpha value is -1.40. The molecule has 0 saturated carbocycles. The fourth-order valence-electron chi connectivity index (χ4n) is 2.87. The van der Waals surface area contributed by atoms with Gasteiger partial charge in [0.05, 0.1) is 17.5 Å². The van der Waals surface area contributed by atoms with Crippen molar-refractivity contribution in [2.24, 2.45) is 5.92 Å². The van der Waals surface area contributed by atoms with Gasteiger partial charge in [0, 0.05) is 6.54 Å². The summed E-state index contributed by atoms with van der Waals surface area (Å²) in [5, 5.41) is 14.2. The van der Waals surface area contributed by atoms with Crippen LogP contribution in [0.3, 0.4) is 0 Å². The monoisotopic (exact) mass is 324 g/mol. The predicted molar refractivity (Wildman–Crippen MR) is 86.8 cm³/mol. The number of carbonyl (C=O) groups is 2. The van der Waals surface area contributed by atoms with E-state index in [1.54, 1.807) is 11.0 Å². The minimum absolute atomic E-state index is 0.0722. The molecular weight excluding hydrogens is 300 g/mol. The lowest BCUT2D eigenvalue weighted by molar-refractivity contribution is -0.126. The topological polar surface area (TPSA) is 69.6 Å². The molecule has 1 aromatic rings. The Labute approximate surface area is 135 Å². The molecule has 6 heteroatoms. The van der Waals surface area contributed by atoms with E-state index in [0.717, 1.165) is 12.8 Å². The van der Waals surface area contributed by atoms with Gasteiger partial charge in [-0.15, -0.1) is 11.3 Å². The van der Waals surface area contributed by atoms with Crippen molar-refractivity contribution in [1.82, 2.24) is 10.2 Å². The second-order valence-corrected chi connectivity index (χ2v) is 7.10. The zero-order valence-corrected chi connectivity index (χ0v) is 13.9. The van der Waals surface area contributed by atoms with E-state index >= 15 is 0 Å². The first-order chi connectivity index (χ1) is 10.5. The number of hydrogen-bond donors (Lipinski definition) is 2. The van der Waals surface area contributed by atoms with Gasteiger partial charge in [-0.2, -0.15) is 0 Å². The van der Waals surface area contributed by atoms with Crippen LogP contribution >= 0.6 is 11.3 Å².